The molecule has 3 atom stereocenters. The number of nitrogens with two attached hydrogens (primary N) is 1. The van der Waals surface area contributed by atoms with Gasteiger partial charge in [-0.1, -0.05) is 12.1 Å². The fraction of sp³-hybridized carbons (Fsp3) is 0.357. The Hall–Kier alpha value is -2.21. The zero-order valence-corrected chi connectivity index (χ0v) is 10.7. The summed E-state index contributed by atoms with van der Waals surface area (Å²) in [6.07, 6.45) is 0.599. The van der Waals surface area contributed by atoms with Crippen LogP contribution in [-0.4, -0.2) is 32.9 Å². The third-order valence-electron chi connectivity index (χ3n) is 3.70. The number of fused-ring (bicyclic) bond motifs is 1. The van der Waals surface area contributed by atoms with Gasteiger partial charge < -0.3 is 15.8 Å². The van der Waals surface area contributed by atoms with E-state index >= 15 is 0 Å². The second-order valence-electron chi connectivity index (χ2n) is 5.20. The van der Waals surface area contributed by atoms with Crippen LogP contribution in [0.25, 0.3) is 11.0 Å². The summed E-state index contributed by atoms with van der Waals surface area (Å²) in [6, 6.07) is 6.57. The van der Waals surface area contributed by atoms with E-state index in [1.54, 1.807) is 0 Å². The van der Waals surface area contributed by atoms with E-state index in [1.807, 2.05) is 24.3 Å². The number of hydrogen-bond acceptors (Lipinski definition) is 4. The standard InChI is InChI=1S/C14H15N3O3/c15-9(14(19)20)6-12(18)7-5-8(7)13-16-10-3-1-2-4-11(10)17-13/h1-4,7-9H,5-6,15H2,(H,16,17)(H,19,20)/t7?,8?,9-/m1/s1. The number of hydrogen-bond donors (Lipinski definition) is 3. The van der Waals surface area contributed by atoms with E-state index in [0.29, 0.717) is 6.42 Å². The zero-order valence-electron chi connectivity index (χ0n) is 10.7. The number of Topliss-reactive ketones (excluding diaryl/α,β-unsaturated/α-hetero) is 1. The normalized spacial score (nSPS) is 22.6. The molecular weight excluding hydrogens is 258 g/mol. The van der Waals surface area contributed by atoms with Crippen molar-refractivity contribution in [3.63, 3.8) is 0 Å². The lowest BCUT2D eigenvalue weighted by atomic mass is 10.1. The first-order chi connectivity index (χ1) is 9.56. The molecule has 0 amide bonds. The van der Waals surface area contributed by atoms with E-state index in [-0.39, 0.29) is 24.0 Å². The number of ketones is 1. The first-order valence-electron chi connectivity index (χ1n) is 6.52. The van der Waals surface area contributed by atoms with E-state index in [2.05, 4.69) is 9.97 Å². The lowest BCUT2D eigenvalue weighted by Gasteiger charge is -2.04. The molecule has 0 bridgehead atoms. The predicted molar refractivity (Wildman–Crippen MR) is 72.2 cm³/mol. The molecule has 0 radical (unpaired) electrons. The highest BCUT2D eigenvalue weighted by atomic mass is 16.4. The van der Waals surface area contributed by atoms with Gasteiger partial charge >= 0.3 is 5.97 Å². The number of H-pyrrole nitrogens is 1. The number of carbonyl (C=O) groups is 2. The summed E-state index contributed by atoms with van der Waals surface area (Å²) in [5, 5.41) is 8.72. The Morgan fingerprint density at radius 1 is 1.45 bits per heavy atom. The first kappa shape index (κ1) is 12.8. The Morgan fingerprint density at radius 3 is 2.90 bits per heavy atom. The number of aromatic nitrogens is 2. The van der Waals surface area contributed by atoms with E-state index in [9.17, 15) is 9.59 Å². The number of benzene rings is 1. The van der Waals surface area contributed by atoms with Crippen molar-refractivity contribution in [1.82, 2.24) is 9.97 Å². The van der Waals surface area contributed by atoms with Crippen molar-refractivity contribution >= 4 is 22.8 Å². The Morgan fingerprint density at radius 2 is 2.20 bits per heavy atom. The van der Waals surface area contributed by atoms with Crippen molar-refractivity contribution in [1.29, 1.82) is 0 Å². The van der Waals surface area contributed by atoms with Gasteiger partial charge in [0.05, 0.1) is 11.0 Å². The minimum absolute atomic E-state index is 0.0656. The Labute approximate surface area is 115 Å². The number of carboxylic acids is 1. The molecule has 2 unspecified atom stereocenters. The summed E-state index contributed by atoms with van der Waals surface area (Å²) in [5.74, 6) is -0.519. The molecule has 3 rings (SSSR count). The number of rotatable bonds is 5. The minimum atomic E-state index is -1.14. The van der Waals surface area contributed by atoms with Crippen LogP contribution in [-0.2, 0) is 9.59 Å². The van der Waals surface area contributed by atoms with Gasteiger partial charge in [-0.2, -0.15) is 0 Å². The maximum absolute atomic E-state index is 11.9. The maximum Gasteiger partial charge on any atom is 0.320 e. The van der Waals surface area contributed by atoms with Crippen molar-refractivity contribution in [2.45, 2.75) is 24.8 Å². The molecule has 0 saturated heterocycles. The van der Waals surface area contributed by atoms with Crippen LogP contribution in [0, 0.1) is 5.92 Å². The molecule has 6 heteroatoms. The molecule has 104 valence electrons. The summed E-state index contributed by atoms with van der Waals surface area (Å²) < 4.78 is 0. The molecular formula is C14H15N3O3. The highest BCUT2D eigenvalue weighted by Crippen LogP contribution is 2.47. The second kappa shape index (κ2) is 4.72. The number of para-hydroxylation sites is 2. The smallest absolute Gasteiger partial charge is 0.320 e. The van der Waals surface area contributed by atoms with Crippen LogP contribution in [0.3, 0.4) is 0 Å². The summed E-state index contributed by atoms with van der Waals surface area (Å²) in [6.45, 7) is 0. The van der Waals surface area contributed by atoms with Crippen LogP contribution < -0.4 is 5.73 Å². The number of nitrogens with zero attached hydrogens (tertiary/aromatic N) is 1. The zero-order chi connectivity index (χ0) is 14.3. The third-order valence-corrected chi connectivity index (χ3v) is 3.70. The topological polar surface area (TPSA) is 109 Å². The van der Waals surface area contributed by atoms with Crippen LogP contribution in [0.1, 0.15) is 24.6 Å². The lowest BCUT2D eigenvalue weighted by molar-refractivity contribution is -0.140. The first-order valence-corrected chi connectivity index (χ1v) is 6.52. The number of imidazole rings is 1. The molecule has 1 aliphatic carbocycles. The highest BCUT2D eigenvalue weighted by molar-refractivity contribution is 5.89. The van der Waals surface area contributed by atoms with Crippen LogP contribution in [0.4, 0.5) is 0 Å². The minimum Gasteiger partial charge on any atom is -0.480 e. The molecule has 1 aliphatic rings. The van der Waals surface area contributed by atoms with Crippen LogP contribution in [0.5, 0.6) is 0 Å². The van der Waals surface area contributed by atoms with Crippen LogP contribution in [0.2, 0.25) is 0 Å². The molecule has 0 spiro atoms. The largest absolute Gasteiger partial charge is 0.480 e. The van der Waals surface area contributed by atoms with E-state index < -0.39 is 12.0 Å². The SMILES string of the molecule is N[C@H](CC(=O)C1CC1c1nc2ccccc2[nH]1)C(=O)O. The molecule has 4 N–H and O–H groups in total. The molecule has 6 nitrogen and oxygen atoms in total. The van der Waals surface area contributed by atoms with Gasteiger partial charge in [-0.15, -0.1) is 0 Å². The molecule has 1 heterocycles. The van der Waals surface area contributed by atoms with Crippen molar-refractivity contribution < 1.29 is 14.7 Å². The van der Waals surface area contributed by atoms with Crippen molar-refractivity contribution in [3.8, 4) is 0 Å². The van der Waals surface area contributed by atoms with Gasteiger partial charge in [0.15, 0.2) is 0 Å². The van der Waals surface area contributed by atoms with Crippen LogP contribution in [0.15, 0.2) is 24.3 Å². The summed E-state index contributed by atoms with van der Waals surface area (Å²) in [5.41, 5.74) is 7.21. The molecule has 1 fully saturated rings. The van der Waals surface area contributed by atoms with Gasteiger partial charge in [-0.25, -0.2) is 4.98 Å². The van der Waals surface area contributed by atoms with Gasteiger partial charge in [0, 0.05) is 18.3 Å². The monoisotopic (exact) mass is 273 g/mol. The average molecular weight is 273 g/mol. The van der Waals surface area contributed by atoms with Gasteiger partial charge in [-0.3, -0.25) is 9.59 Å². The Kier molecular flexibility index (Phi) is 3.02. The predicted octanol–water partition coefficient (Wildman–Crippen LogP) is 1.04. The Balaban J connectivity index is 1.69. The molecule has 20 heavy (non-hydrogen) atoms. The number of carboxylic acid groups (broad SMARTS) is 1. The Bertz CT molecular complexity index is 646. The number of nitrogens with one attached hydrogen (secondary N) is 1. The maximum atomic E-state index is 11.9. The van der Waals surface area contributed by atoms with Gasteiger partial charge in [-0.05, 0) is 18.6 Å². The molecule has 1 aromatic carbocycles. The lowest BCUT2D eigenvalue weighted by Crippen LogP contribution is -2.33. The third kappa shape index (κ3) is 2.30. The fourth-order valence-electron chi connectivity index (χ4n) is 2.46. The van der Waals surface area contributed by atoms with Crippen molar-refractivity contribution in [2.75, 3.05) is 0 Å². The molecule has 0 aliphatic heterocycles. The molecule has 1 aromatic heterocycles. The molecule has 1 saturated carbocycles. The number of carbonyl (C=O) groups excluding carboxylic acids is 1. The number of aromatic amines is 1. The molecule has 2 aromatic rings. The van der Waals surface area contributed by atoms with Gasteiger partial charge in [0.2, 0.25) is 0 Å². The average Bonchev–Trinajstić information content (AvgIpc) is 3.10. The summed E-state index contributed by atoms with van der Waals surface area (Å²) in [4.78, 5) is 30.3. The van der Waals surface area contributed by atoms with Gasteiger partial charge in [0.1, 0.15) is 17.6 Å². The van der Waals surface area contributed by atoms with E-state index in [0.717, 1.165) is 16.9 Å². The quantitative estimate of drug-likeness (QED) is 0.754. The van der Waals surface area contributed by atoms with Crippen molar-refractivity contribution in [3.05, 3.63) is 30.1 Å². The summed E-state index contributed by atoms with van der Waals surface area (Å²) in [7, 11) is 0. The second-order valence-corrected chi connectivity index (χ2v) is 5.20. The fourth-order valence-corrected chi connectivity index (χ4v) is 2.46. The van der Waals surface area contributed by atoms with Crippen molar-refractivity contribution in [2.24, 2.45) is 11.7 Å². The van der Waals surface area contributed by atoms with E-state index in [4.69, 9.17) is 10.8 Å². The summed E-state index contributed by atoms with van der Waals surface area (Å²) >= 11 is 0. The number of aliphatic carboxylic acids is 1. The highest BCUT2D eigenvalue weighted by Gasteiger charge is 2.46. The van der Waals surface area contributed by atoms with Gasteiger partial charge in [0.25, 0.3) is 0 Å². The van der Waals surface area contributed by atoms with Crippen LogP contribution >= 0.6 is 0 Å². The van der Waals surface area contributed by atoms with E-state index in [1.165, 1.54) is 0 Å².